The number of aromatic nitrogens is 1. The Bertz CT molecular complexity index is 410. The van der Waals surface area contributed by atoms with Gasteiger partial charge in [0.1, 0.15) is 10.7 Å². The molecule has 0 unspecified atom stereocenters. The van der Waals surface area contributed by atoms with E-state index in [9.17, 15) is 4.79 Å². The van der Waals surface area contributed by atoms with Gasteiger partial charge in [-0.15, -0.1) is 0 Å². The number of amides is 1. The Kier molecular flexibility index (Phi) is 3.51. The molecule has 1 amide bonds. The Morgan fingerprint density at radius 3 is 2.71 bits per heavy atom. The summed E-state index contributed by atoms with van der Waals surface area (Å²) in [6, 6.07) is 0.287. The molecular formula is C11H18N4OS. The first-order chi connectivity index (χ1) is 8.08. The quantitative estimate of drug-likeness (QED) is 0.862. The predicted molar refractivity (Wildman–Crippen MR) is 70.4 cm³/mol. The maximum absolute atomic E-state index is 12.2. The van der Waals surface area contributed by atoms with Crippen LogP contribution in [0.5, 0.6) is 0 Å². The third-order valence-corrected chi connectivity index (χ3v) is 3.64. The van der Waals surface area contributed by atoms with Crippen LogP contribution in [0.3, 0.4) is 0 Å². The monoisotopic (exact) mass is 254 g/mol. The summed E-state index contributed by atoms with van der Waals surface area (Å²) in [6.07, 6.45) is 2.17. The van der Waals surface area contributed by atoms with Crippen molar-refractivity contribution in [2.75, 3.05) is 24.1 Å². The van der Waals surface area contributed by atoms with Crippen molar-refractivity contribution in [2.45, 2.75) is 32.7 Å². The van der Waals surface area contributed by atoms with Gasteiger partial charge in [-0.1, -0.05) is 11.3 Å². The molecule has 0 saturated carbocycles. The molecule has 0 spiro atoms. The third kappa shape index (κ3) is 2.69. The number of thiazole rings is 1. The van der Waals surface area contributed by atoms with Crippen molar-refractivity contribution in [1.82, 2.24) is 9.88 Å². The molecule has 0 radical (unpaired) electrons. The molecular weight excluding hydrogens is 236 g/mol. The molecule has 17 heavy (non-hydrogen) atoms. The van der Waals surface area contributed by atoms with E-state index in [-0.39, 0.29) is 11.9 Å². The fourth-order valence-corrected chi connectivity index (χ4v) is 2.86. The smallest absolute Gasteiger partial charge is 0.267 e. The number of nitrogens with zero attached hydrogens (tertiary/aromatic N) is 2. The number of carbonyl (C=O) groups is 1. The van der Waals surface area contributed by atoms with Crippen LogP contribution in [0.4, 0.5) is 10.9 Å². The van der Waals surface area contributed by atoms with Gasteiger partial charge in [0.05, 0.1) is 0 Å². The summed E-state index contributed by atoms with van der Waals surface area (Å²) >= 11 is 1.34. The van der Waals surface area contributed by atoms with Crippen LogP contribution in [-0.2, 0) is 0 Å². The zero-order valence-corrected chi connectivity index (χ0v) is 11.0. The summed E-state index contributed by atoms with van der Waals surface area (Å²) in [7, 11) is 0. The van der Waals surface area contributed by atoms with E-state index in [1.54, 1.807) is 0 Å². The van der Waals surface area contributed by atoms with Gasteiger partial charge in [-0.25, -0.2) is 4.98 Å². The number of hydrogen-bond acceptors (Lipinski definition) is 5. The molecule has 1 saturated heterocycles. The van der Waals surface area contributed by atoms with E-state index >= 15 is 0 Å². The number of nitrogen functional groups attached to an aromatic ring is 1. The number of hydrogen-bond donors (Lipinski definition) is 2. The number of rotatable bonds is 3. The second kappa shape index (κ2) is 4.91. The summed E-state index contributed by atoms with van der Waals surface area (Å²) in [5.74, 6) is 0.365. The van der Waals surface area contributed by atoms with Crippen LogP contribution in [0.1, 0.15) is 36.4 Å². The Hall–Kier alpha value is -1.30. The van der Waals surface area contributed by atoms with Crippen LogP contribution >= 0.6 is 11.3 Å². The first kappa shape index (κ1) is 12.2. The molecule has 5 nitrogen and oxygen atoms in total. The van der Waals surface area contributed by atoms with Crippen molar-refractivity contribution in [3.8, 4) is 0 Å². The van der Waals surface area contributed by atoms with Gasteiger partial charge in [-0.3, -0.25) is 4.79 Å². The highest BCUT2D eigenvalue weighted by atomic mass is 32.1. The first-order valence-electron chi connectivity index (χ1n) is 5.90. The van der Waals surface area contributed by atoms with Gasteiger partial charge in [0, 0.05) is 19.1 Å². The predicted octanol–water partition coefficient (Wildman–Crippen LogP) is 1.78. The van der Waals surface area contributed by atoms with Gasteiger partial charge in [0.25, 0.3) is 5.91 Å². The minimum atomic E-state index is 0.0225. The molecule has 94 valence electrons. The normalized spacial score (nSPS) is 15.6. The maximum Gasteiger partial charge on any atom is 0.267 e. The van der Waals surface area contributed by atoms with Gasteiger partial charge < -0.3 is 16.0 Å². The molecule has 2 rings (SSSR count). The van der Waals surface area contributed by atoms with E-state index in [1.807, 2.05) is 18.7 Å². The SMILES string of the molecule is CC(C)Nc1nc(N)c(C(=O)N2CCCC2)s1. The van der Waals surface area contributed by atoms with Crippen molar-refractivity contribution < 1.29 is 4.79 Å². The molecule has 1 aromatic heterocycles. The molecule has 3 N–H and O–H groups in total. The second-order valence-electron chi connectivity index (χ2n) is 4.53. The average molecular weight is 254 g/mol. The Morgan fingerprint density at radius 1 is 1.47 bits per heavy atom. The van der Waals surface area contributed by atoms with Crippen molar-refractivity contribution >= 4 is 28.2 Å². The van der Waals surface area contributed by atoms with Gasteiger partial charge >= 0.3 is 0 Å². The topological polar surface area (TPSA) is 71.2 Å². The number of anilines is 2. The van der Waals surface area contributed by atoms with Gasteiger partial charge in [0.2, 0.25) is 0 Å². The molecule has 2 heterocycles. The van der Waals surface area contributed by atoms with E-state index < -0.39 is 0 Å². The molecule has 0 aromatic carbocycles. The summed E-state index contributed by atoms with van der Waals surface area (Å²) in [6.45, 7) is 5.73. The fourth-order valence-electron chi connectivity index (χ4n) is 1.86. The highest BCUT2D eigenvalue weighted by Crippen LogP contribution is 2.27. The molecule has 0 atom stereocenters. The zero-order valence-electron chi connectivity index (χ0n) is 10.2. The van der Waals surface area contributed by atoms with Crippen LogP contribution in [-0.4, -0.2) is 34.9 Å². The minimum Gasteiger partial charge on any atom is -0.382 e. The van der Waals surface area contributed by atoms with Crippen LogP contribution in [0.2, 0.25) is 0 Å². The Labute approximate surface area is 105 Å². The maximum atomic E-state index is 12.2. The lowest BCUT2D eigenvalue weighted by atomic mass is 10.4. The number of nitrogens with one attached hydrogen (secondary N) is 1. The van der Waals surface area contributed by atoms with Crippen molar-refractivity contribution in [2.24, 2.45) is 0 Å². The molecule has 1 aliphatic heterocycles. The molecule has 6 heteroatoms. The van der Waals surface area contributed by atoms with E-state index in [4.69, 9.17) is 5.73 Å². The second-order valence-corrected chi connectivity index (χ2v) is 5.53. The van der Waals surface area contributed by atoms with Gasteiger partial charge in [0.15, 0.2) is 5.13 Å². The molecule has 0 aliphatic carbocycles. The van der Waals surface area contributed by atoms with Crippen molar-refractivity contribution in [3.05, 3.63) is 4.88 Å². The van der Waals surface area contributed by atoms with Crippen molar-refractivity contribution in [1.29, 1.82) is 0 Å². The number of likely N-dealkylation sites (tertiary alicyclic amines) is 1. The third-order valence-electron chi connectivity index (χ3n) is 2.65. The molecule has 1 fully saturated rings. The van der Waals surface area contributed by atoms with Gasteiger partial charge in [-0.2, -0.15) is 0 Å². The number of carbonyl (C=O) groups excluding carboxylic acids is 1. The zero-order chi connectivity index (χ0) is 12.4. The molecule has 0 bridgehead atoms. The highest BCUT2D eigenvalue weighted by molar-refractivity contribution is 7.18. The standard InChI is InChI=1S/C11H18N4OS/c1-7(2)13-11-14-9(12)8(17-11)10(16)15-5-3-4-6-15/h7H,3-6,12H2,1-2H3,(H,13,14). The summed E-state index contributed by atoms with van der Waals surface area (Å²) in [5, 5.41) is 3.89. The lowest BCUT2D eigenvalue weighted by Gasteiger charge is -2.13. The van der Waals surface area contributed by atoms with E-state index in [0.717, 1.165) is 31.1 Å². The first-order valence-corrected chi connectivity index (χ1v) is 6.71. The lowest BCUT2D eigenvalue weighted by molar-refractivity contribution is 0.0798. The van der Waals surface area contributed by atoms with Crippen molar-refractivity contribution in [3.63, 3.8) is 0 Å². The molecule has 1 aliphatic rings. The van der Waals surface area contributed by atoms with Crippen LogP contribution < -0.4 is 11.1 Å². The average Bonchev–Trinajstić information content (AvgIpc) is 2.85. The highest BCUT2D eigenvalue weighted by Gasteiger charge is 2.24. The summed E-state index contributed by atoms with van der Waals surface area (Å²) in [4.78, 5) is 18.8. The Morgan fingerprint density at radius 2 is 2.12 bits per heavy atom. The van der Waals surface area contributed by atoms with Gasteiger partial charge in [-0.05, 0) is 26.7 Å². The fraction of sp³-hybridized carbons (Fsp3) is 0.636. The van der Waals surface area contributed by atoms with E-state index in [2.05, 4.69) is 10.3 Å². The Balaban J connectivity index is 2.14. The minimum absolute atomic E-state index is 0.0225. The lowest BCUT2D eigenvalue weighted by Crippen LogP contribution is -2.27. The van der Waals surface area contributed by atoms with Crippen LogP contribution in [0.15, 0.2) is 0 Å². The van der Waals surface area contributed by atoms with E-state index in [1.165, 1.54) is 11.3 Å². The van der Waals surface area contributed by atoms with Crippen LogP contribution in [0.25, 0.3) is 0 Å². The summed E-state index contributed by atoms with van der Waals surface area (Å²) in [5.41, 5.74) is 5.80. The van der Waals surface area contributed by atoms with Crippen LogP contribution in [0, 0.1) is 0 Å². The van der Waals surface area contributed by atoms with E-state index in [0.29, 0.717) is 10.7 Å². The molecule has 1 aromatic rings. The largest absolute Gasteiger partial charge is 0.382 e. The number of nitrogens with two attached hydrogens (primary N) is 1. The summed E-state index contributed by atoms with van der Waals surface area (Å²) < 4.78 is 0.